The molecule has 8 aromatic rings. The van der Waals surface area contributed by atoms with Gasteiger partial charge in [-0.2, -0.15) is 65.9 Å². The van der Waals surface area contributed by atoms with Crippen LogP contribution < -0.4 is 80.8 Å². The summed E-state index contributed by atoms with van der Waals surface area (Å²) in [5.74, 6) is 4.85. The molecule has 0 saturated carbocycles. The van der Waals surface area contributed by atoms with Crippen molar-refractivity contribution in [2.45, 2.75) is 171 Å². The highest BCUT2D eigenvalue weighted by Crippen LogP contribution is 2.43. The number of rotatable bonds is 26. The SMILES string of the molecule is C.CNCCOc1cc(Cl)c(C(F)(F)F)cc1C.CNCCOc1cc(Cl)c(C(F)(F)F)cc1C.CNCCOc1cc(Cl)c(C(F)(F)F)cc1C.Cc1cc(C(F)(F)F)c(Cl)cc1OCCN.Cc1cc(C(F)(F)F)ccc1OCC1CCCN1.Cc1cc(C)c(OC2CCNCC2)cc1Cl.Cc1cc(C)c(OCCN2CCNCC2)cc1Cl.Cc1ccc(OC2CCNCC2)c(C)c1. The Balaban J connectivity index is 0.000000322. The zero-order valence-electron chi connectivity index (χ0n) is 77.7. The van der Waals surface area contributed by atoms with Crippen molar-refractivity contribution in [2.24, 2.45) is 5.73 Å². The predicted octanol–water partition coefficient (Wildman–Crippen LogP) is 24.3. The molecule has 38 heteroatoms. The van der Waals surface area contributed by atoms with Gasteiger partial charge in [-0.3, -0.25) is 4.90 Å². The summed E-state index contributed by atoms with van der Waals surface area (Å²) in [5.41, 5.74) is 10.4. The summed E-state index contributed by atoms with van der Waals surface area (Å²) < 4.78 is 232. The van der Waals surface area contributed by atoms with Crippen LogP contribution in [0.15, 0.2) is 109 Å². The van der Waals surface area contributed by atoms with E-state index in [1.54, 1.807) is 48.8 Å². The second kappa shape index (κ2) is 59.2. The predicted molar refractivity (Wildman–Crippen MR) is 513 cm³/mol. The van der Waals surface area contributed by atoms with Crippen LogP contribution in [0, 0.1) is 76.2 Å². The van der Waals surface area contributed by atoms with Crippen molar-refractivity contribution < 1.29 is 104 Å². The molecule has 4 saturated heterocycles. The van der Waals surface area contributed by atoms with Crippen LogP contribution in [0.3, 0.4) is 0 Å². The summed E-state index contributed by atoms with van der Waals surface area (Å²) in [7, 11) is 5.28. The third kappa shape index (κ3) is 43.0. The number of ether oxygens (including phenoxy) is 8. The molecule has 4 heterocycles. The van der Waals surface area contributed by atoms with Crippen LogP contribution in [0.1, 0.15) is 135 Å². The van der Waals surface area contributed by atoms with Crippen LogP contribution in [0.2, 0.25) is 30.1 Å². The Kier molecular flexibility index (Phi) is 52.5. The molecule has 1 atom stereocenters. The lowest BCUT2D eigenvalue weighted by Crippen LogP contribution is -2.44. The van der Waals surface area contributed by atoms with E-state index in [1.165, 1.54) is 47.9 Å². The van der Waals surface area contributed by atoms with E-state index in [4.69, 9.17) is 113 Å². The summed E-state index contributed by atoms with van der Waals surface area (Å²) in [6, 6.07) is 27.0. The van der Waals surface area contributed by atoms with Gasteiger partial charge in [0.2, 0.25) is 0 Å². The van der Waals surface area contributed by atoms with Gasteiger partial charge in [-0.05, 0) is 309 Å². The number of nitrogens with two attached hydrogens (primary N) is 1. The van der Waals surface area contributed by atoms with E-state index in [0.717, 1.165) is 197 Å². The maximum Gasteiger partial charge on any atom is 0.417 e. The van der Waals surface area contributed by atoms with E-state index in [2.05, 4.69) is 100 Å². The fourth-order valence-corrected chi connectivity index (χ4v) is 14.8. The molecule has 9 N–H and O–H groups in total. The molecule has 1 unspecified atom stereocenters. The largest absolute Gasteiger partial charge is 0.492 e. The first-order valence-corrected chi connectivity index (χ1v) is 45.9. The Morgan fingerprint density at radius 3 is 1.01 bits per heavy atom. The Bertz CT molecular complexity index is 4700. The highest BCUT2D eigenvalue weighted by molar-refractivity contribution is 6.33. The average molecular weight is 2050 g/mol. The maximum absolute atomic E-state index is 12.5. The Morgan fingerprint density at radius 1 is 0.341 bits per heavy atom. The first-order valence-electron chi connectivity index (χ1n) is 43.6. The normalized spacial score (nSPS) is 14.7. The van der Waals surface area contributed by atoms with Crippen molar-refractivity contribution in [3.8, 4) is 46.0 Å². The first kappa shape index (κ1) is 120. The number of alkyl halides is 15. The van der Waals surface area contributed by atoms with Crippen molar-refractivity contribution in [2.75, 3.05) is 152 Å². The number of halogens is 21. The molecule has 0 radical (unpaired) electrons. The number of nitrogens with one attached hydrogen (secondary N) is 7. The molecule has 756 valence electrons. The number of likely N-dealkylation sites (N-methyl/N-ethyl adjacent to an activating group) is 3. The van der Waals surface area contributed by atoms with Gasteiger partial charge >= 0.3 is 30.9 Å². The molecule has 0 spiro atoms. The van der Waals surface area contributed by atoms with Crippen LogP contribution in [-0.2, 0) is 30.9 Å². The second-order valence-electron chi connectivity index (χ2n) is 32.0. The number of piperidine rings is 2. The molecular formula is C97H128Cl6F15N9O8. The molecule has 17 nitrogen and oxygen atoms in total. The summed E-state index contributed by atoms with van der Waals surface area (Å²) in [4.78, 5) is 2.42. The van der Waals surface area contributed by atoms with Gasteiger partial charge in [-0.1, -0.05) is 107 Å². The zero-order chi connectivity index (χ0) is 99.8. The van der Waals surface area contributed by atoms with E-state index in [9.17, 15) is 65.9 Å². The van der Waals surface area contributed by atoms with Gasteiger partial charge in [0.1, 0.15) is 97.8 Å². The standard InChI is InChI=1S/C14H21ClN2O.C13H18ClNO.C13H16F3NO.C13H19NO.3C11H13ClF3NO.C10H11ClF3NO.CH4/c1-11-9-12(2)14(10-13(11)15)18-8-7-17-5-3-16-4-6-17;1-9-7-10(2)13(8-12(9)14)16-11-3-5-15-6-4-11;1-9-7-10(13(14,15)16)4-5-12(9)18-8-11-3-2-6-17-11;1-10-3-4-13(11(2)9-10)15-12-5-7-14-8-6-12;3*1-7-5-8(11(13,14)15)9(12)6-10(7)17-4-3-16-2;1-6-4-7(10(12,13)14)8(11)5-9(6)16-3-2-15;/h9-10,16H,3-8H2,1-2H3;7-8,11,15H,3-6H2,1-2H3;4-5,7,11,17H,2-3,6,8H2,1H3;3-4,9,12,14H,5-8H2,1-2H3;3*5-6,16H,3-4H2,1-2H3;4-5H,2-3,15H2,1H3;1H4. The Morgan fingerprint density at radius 2 is 0.667 bits per heavy atom. The number of benzene rings is 8. The van der Waals surface area contributed by atoms with Crippen LogP contribution in [-0.4, -0.2) is 176 Å². The second-order valence-corrected chi connectivity index (χ2v) is 34.5. The molecule has 4 aliphatic rings. The van der Waals surface area contributed by atoms with E-state index >= 15 is 0 Å². The van der Waals surface area contributed by atoms with Crippen molar-refractivity contribution in [1.82, 2.24) is 42.1 Å². The topological polar surface area (TPSA) is 187 Å². The molecule has 0 bridgehead atoms. The zero-order valence-corrected chi connectivity index (χ0v) is 82.3. The summed E-state index contributed by atoms with van der Waals surface area (Å²) in [6.45, 7) is 35.5. The number of hydrogen-bond acceptors (Lipinski definition) is 17. The third-order valence-corrected chi connectivity index (χ3v) is 22.9. The third-order valence-electron chi connectivity index (χ3n) is 20.9. The van der Waals surface area contributed by atoms with Gasteiger partial charge in [-0.25, -0.2) is 0 Å². The lowest BCUT2D eigenvalue weighted by atomic mass is 10.1. The Hall–Kier alpha value is -7.51. The number of piperazine rings is 1. The van der Waals surface area contributed by atoms with Crippen LogP contribution >= 0.6 is 69.6 Å². The number of aryl methyl sites for hydroxylation is 11. The maximum atomic E-state index is 12.5. The van der Waals surface area contributed by atoms with Crippen molar-refractivity contribution in [3.63, 3.8) is 0 Å². The molecule has 4 aliphatic heterocycles. The summed E-state index contributed by atoms with van der Waals surface area (Å²) >= 11 is 34.5. The number of hydrogen-bond donors (Lipinski definition) is 8. The highest BCUT2D eigenvalue weighted by Gasteiger charge is 2.38. The molecule has 0 aliphatic carbocycles. The van der Waals surface area contributed by atoms with Crippen LogP contribution in [0.25, 0.3) is 0 Å². The smallest absolute Gasteiger partial charge is 0.417 e. The van der Waals surface area contributed by atoms with Gasteiger partial charge < -0.3 is 80.8 Å². The highest BCUT2D eigenvalue weighted by atomic mass is 35.5. The molecule has 8 aromatic carbocycles. The molecule has 0 aromatic heterocycles. The van der Waals surface area contributed by atoms with Gasteiger partial charge in [0.15, 0.2) is 0 Å². The van der Waals surface area contributed by atoms with Crippen LogP contribution in [0.4, 0.5) is 65.9 Å². The van der Waals surface area contributed by atoms with E-state index in [0.29, 0.717) is 121 Å². The minimum absolute atomic E-state index is 0. The minimum Gasteiger partial charge on any atom is -0.492 e. The Labute approximate surface area is 814 Å². The molecule has 12 rings (SSSR count). The van der Waals surface area contributed by atoms with Gasteiger partial charge in [-0.15, -0.1) is 0 Å². The van der Waals surface area contributed by atoms with E-state index < -0.39 is 58.7 Å². The van der Waals surface area contributed by atoms with Gasteiger partial charge in [0.05, 0.1) is 47.9 Å². The average Bonchev–Trinajstić information content (AvgIpc) is 1.19. The van der Waals surface area contributed by atoms with E-state index in [-0.39, 0.29) is 40.7 Å². The quantitative estimate of drug-likeness (QED) is 0.0189. The lowest BCUT2D eigenvalue weighted by molar-refractivity contribution is -0.138. The van der Waals surface area contributed by atoms with Crippen LogP contribution in [0.5, 0.6) is 46.0 Å². The van der Waals surface area contributed by atoms with Crippen molar-refractivity contribution >= 4 is 69.6 Å². The molecule has 135 heavy (non-hydrogen) atoms. The summed E-state index contributed by atoms with van der Waals surface area (Å²) in [5, 5.41) is 22.1. The fourth-order valence-electron chi connectivity index (χ4n) is 13.4. The lowest BCUT2D eigenvalue weighted by Gasteiger charge is -2.27. The number of nitrogens with zero attached hydrogens (tertiary/aromatic N) is 1. The van der Waals surface area contributed by atoms with Crippen molar-refractivity contribution in [1.29, 1.82) is 0 Å². The fraction of sp³-hybridized carbons (Fsp3) is 0.505. The van der Waals surface area contributed by atoms with Gasteiger partial charge in [0.25, 0.3) is 0 Å². The van der Waals surface area contributed by atoms with Crippen molar-refractivity contribution in [3.05, 3.63) is 228 Å². The molecular weight excluding hydrogens is 1920 g/mol. The monoisotopic (exact) mass is 2040 g/mol. The van der Waals surface area contributed by atoms with E-state index in [1.807, 2.05) is 26.0 Å². The molecule has 0 amide bonds. The minimum atomic E-state index is -4.45. The molecule has 4 fully saturated rings. The van der Waals surface area contributed by atoms with Gasteiger partial charge in [0, 0.05) is 75.0 Å². The first-order chi connectivity index (χ1) is 63.0. The summed E-state index contributed by atoms with van der Waals surface area (Å²) in [6.07, 6.45) is -14.8.